The van der Waals surface area contributed by atoms with Gasteiger partial charge in [-0.3, -0.25) is 4.57 Å². The molecule has 0 aliphatic rings. The van der Waals surface area contributed by atoms with Crippen LogP contribution >= 0.6 is 23.2 Å². The first-order chi connectivity index (χ1) is 16.9. The molecule has 0 fully saturated rings. The van der Waals surface area contributed by atoms with Crippen LogP contribution in [0.1, 0.15) is 24.6 Å². The summed E-state index contributed by atoms with van der Waals surface area (Å²) in [4.78, 5) is 17.5. The maximum absolute atomic E-state index is 13.1. The van der Waals surface area contributed by atoms with Gasteiger partial charge in [-0.2, -0.15) is 13.2 Å². The molecule has 0 aliphatic carbocycles. The van der Waals surface area contributed by atoms with E-state index in [0.717, 1.165) is 9.25 Å². The Kier molecular flexibility index (Phi) is 7.23. The highest BCUT2D eigenvalue weighted by Crippen LogP contribution is 2.24. The molecular formula is C22H20Cl2F3N7O2. The summed E-state index contributed by atoms with van der Waals surface area (Å²) in [6.07, 6.45) is -7.70. The van der Waals surface area contributed by atoms with Gasteiger partial charge in [-0.05, 0) is 49.4 Å². The number of benzene rings is 2. The van der Waals surface area contributed by atoms with Gasteiger partial charge in [-0.1, -0.05) is 29.3 Å². The second kappa shape index (κ2) is 10.1. The molecule has 2 unspecified atom stereocenters. The lowest BCUT2D eigenvalue weighted by Crippen LogP contribution is -2.37. The number of aromatic nitrogens is 6. The summed E-state index contributed by atoms with van der Waals surface area (Å²) in [5.41, 5.74) is 6.08. The maximum Gasteiger partial charge on any atom is 0.416 e. The third kappa shape index (κ3) is 5.46. The maximum atomic E-state index is 13.1. The summed E-state index contributed by atoms with van der Waals surface area (Å²) in [6, 6.07) is 12.3. The Labute approximate surface area is 212 Å². The molecule has 190 valence electrons. The second-order valence-corrected chi connectivity index (χ2v) is 8.88. The number of aliphatic hydroxyl groups excluding tert-OH is 1. The average Bonchev–Trinajstić information content (AvgIpc) is 3.36. The van der Waals surface area contributed by atoms with E-state index in [9.17, 15) is 23.1 Å². The zero-order valence-corrected chi connectivity index (χ0v) is 20.2. The molecular weight excluding hydrogens is 522 g/mol. The SMILES string of the molecule is CC(N)c1nc(Cn2nc(-c3ccc(Cl)cc3)n(CC(O)C(F)(F)F)c2=O)nn1-c1cccc(Cl)c1. The zero-order valence-electron chi connectivity index (χ0n) is 18.7. The number of hydrogen-bond acceptors (Lipinski definition) is 6. The molecule has 14 heteroatoms. The quantitative estimate of drug-likeness (QED) is 0.369. The molecule has 9 nitrogen and oxygen atoms in total. The number of rotatable bonds is 7. The predicted molar refractivity (Wildman–Crippen MR) is 127 cm³/mol. The van der Waals surface area contributed by atoms with Crippen molar-refractivity contribution in [1.82, 2.24) is 29.1 Å². The van der Waals surface area contributed by atoms with E-state index in [1.807, 2.05) is 0 Å². The van der Waals surface area contributed by atoms with Crippen LogP contribution in [-0.4, -0.2) is 46.5 Å². The molecule has 3 N–H and O–H groups in total. The Balaban J connectivity index is 1.77. The fourth-order valence-electron chi connectivity index (χ4n) is 3.46. The molecule has 0 saturated carbocycles. The van der Waals surface area contributed by atoms with Crippen molar-refractivity contribution in [2.75, 3.05) is 0 Å². The minimum absolute atomic E-state index is 0.0818. The van der Waals surface area contributed by atoms with E-state index in [2.05, 4.69) is 15.2 Å². The summed E-state index contributed by atoms with van der Waals surface area (Å²) in [5, 5.41) is 19.1. The molecule has 0 bridgehead atoms. The van der Waals surface area contributed by atoms with Crippen molar-refractivity contribution in [3.05, 3.63) is 80.7 Å². The van der Waals surface area contributed by atoms with E-state index in [4.69, 9.17) is 28.9 Å². The topological polar surface area (TPSA) is 117 Å². The van der Waals surface area contributed by atoms with Crippen LogP contribution in [0, 0.1) is 0 Å². The van der Waals surface area contributed by atoms with Crippen molar-refractivity contribution in [1.29, 1.82) is 0 Å². The average molecular weight is 542 g/mol. The molecule has 0 spiro atoms. The van der Waals surface area contributed by atoms with Gasteiger partial charge in [0.1, 0.15) is 12.4 Å². The zero-order chi connectivity index (χ0) is 26.2. The monoisotopic (exact) mass is 541 g/mol. The van der Waals surface area contributed by atoms with Crippen LogP contribution in [0.2, 0.25) is 10.0 Å². The number of alkyl halides is 3. The molecule has 0 aliphatic heterocycles. The Morgan fingerprint density at radius 1 is 1.08 bits per heavy atom. The van der Waals surface area contributed by atoms with Gasteiger partial charge in [0.2, 0.25) is 0 Å². The first kappa shape index (κ1) is 25.9. The van der Waals surface area contributed by atoms with E-state index in [1.54, 1.807) is 31.2 Å². The van der Waals surface area contributed by atoms with Crippen molar-refractivity contribution in [2.45, 2.75) is 38.3 Å². The Bertz CT molecular complexity index is 1430. The van der Waals surface area contributed by atoms with Crippen molar-refractivity contribution in [3.63, 3.8) is 0 Å². The summed E-state index contributed by atoms with van der Waals surface area (Å²) in [5.74, 6) is 0.444. The minimum atomic E-state index is -4.93. The van der Waals surface area contributed by atoms with Crippen LogP contribution in [0.25, 0.3) is 17.1 Å². The molecule has 4 aromatic rings. The molecule has 0 saturated heterocycles. The number of nitrogens with zero attached hydrogens (tertiary/aromatic N) is 6. The molecule has 2 aromatic carbocycles. The van der Waals surface area contributed by atoms with E-state index in [0.29, 0.717) is 27.1 Å². The molecule has 2 atom stereocenters. The third-order valence-electron chi connectivity index (χ3n) is 5.19. The number of aliphatic hydroxyl groups is 1. The van der Waals surface area contributed by atoms with Crippen LogP contribution in [0.4, 0.5) is 13.2 Å². The lowest BCUT2D eigenvalue weighted by Gasteiger charge is -2.15. The molecule has 2 aromatic heterocycles. The van der Waals surface area contributed by atoms with Crippen LogP contribution < -0.4 is 11.4 Å². The van der Waals surface area contributed by atoms with Crippen molar-refractivity contribution < 1.29 is 18.3 Å². The lowest BCUT2D eigenvalue weighted by molar-refractivity contribution is -0.207. The largest absolute Gasteiger partial charge is 0.416 e. The fourth-order valence-corrected chi connectivity index (χ4v) is 3.77. The number of hydrogen-bond donors (Lipinski definition) is 2. The molecule has 0 radical (unpaired) electrons. The van der Waals surface area contributed by atoms with E-state index in [-0.39, 0.29) is 18.2 Å². The van der Waals surface area contributed by atoms with Gasteiger partial charge < -0.3 is 10.8 Å². The molecule has 36 heavy (non-hydrogen) atoms. The Morgan fingerprint density at radius 2 is 1.78 bits per heavy atom. The van der Waals surface area contributed by atoms with Gasteiger partial charge in [-0.15, -0.1) is 10.2 Å². The summed E-state index contributed by atoms with van der Waals surface area (Å²) < 4.78 is 42.3. The summed E-state index contributed by atoms with van der Waals surface area (Å²) >= 11 is 12.0. The molecule has 4 rings (SSSR count). The normalized spacial score (nSPS) is 13.7. The molecule has 0 amide bonds. The predicted octanol–water partition coefficient (Wildman–Crippen LogP) is 3.59. The van der Waals surface area contributed by atoms with E-state index >= 15 is 0 Å². The second-order valence-electron chi connectivity index (χ2n) is 8.01. The summed E-state index contributed by atoms with van der Waals surface area (Å²) in [7, 11) is 0. The Morgan fingerprint density at radius 3 is 2.39 bits per heavy atom. The first-order valence-electron chi connectivity index (χ1n) is 10.6. The van der Waals surface area contributed by atoms with Gasteiger partial charge in [0.05, 0.1) is 18.3 Å². The van der Waals surface area contributed by atoms with E-state index in [1.165, 1.54) is 28.9 Å². The standard InChI is InChI=1S/C22H20Cl2F3N7O2/c1-12(28)19-29-18(30-34(19)16-4-2-3-15(24)9-16)11-33-21(36)32(10-17(35)22(25,26)27)20(31-33)13-5-7-14(23)8-6-13/h2-9,12,17,35H,10-11,28H2,1H3. The van der Waals surface area contributed by atoms with Crippen molar-refractivity contribution >= 4 is 23.2 Å². The Hall–Kier alpha value is -3.19. The smallest absolute Gasteiger partial charge is 0.382 e. The van der Waals surface area contributed by atoms with Crippen LogP contribution in [0.5, 0.6) is 0 Å². The first-order valence-corrected chi connectivity index (χ1v) is 11.4. The van der Waals surface area contributed by atoms with Crippen LogP contribution in [-0.2, 0) is 13.1 Å². The fraction of sp³-hybridized carbons (Fsp3) is 0.273. The van der Waals surface area contributed by atoms with Crippen molar-refractivity contribution in [2.24, 2.45) is 5.73 Å². The van der Waals surface area contributed by atoms with Gasteiger partial charge in [0, 0.05) is 15.6 Å². The van der Waals surface area contributed by atoms with Crippen LogP contribution in [0.15, 0.2) is 53.3 Å². The highest BCUT2D eigenvalue weighted by molar-refractivity contribution is 6.31. The van der Waals surface area contributed by atoms with E-state index < -0.39 is 30.6 Å². The lowest BCUT2D eigenvalue weighted by atomic mass is 10.2. The highest BCUT2D eigenvalue weighted by Gasteiger charge is 2.39. The number of nitrogens with two attached hydrogens (primary N) is 1. The highest BCUT2D eigenvalue weighted by atomic mass is 35.5. The third-order valence-corrected chi connectivity index (χ3v) is 5.67. The van der Waals surface area contributed by atoms with Gasteiger partial charge in [-0.25, -0.2) is 19.1 Å². The van der Waals surface area contributed by atoms with Crippen molar-refractivity contribution in [3.8, 4) is 17.1 Å². The van der Waals surface area contributed by atoms with Gasteiger partial charge >= 0.3 is 11.9 Å². The van der Waals surface area contributed by atoms with Gasteiger partial charge in [0.25, 0.3) is 0 Å². The summed E-state index contributed by atoms with van der Waals surface area (Å²) in [6.45, 7) is 0.393. The minimum Gasteiger partial charge on any atom is -0.382 e. The molecule has 2 heterocycles. The van der Waals surface area contributed by atoms with Crippen LogP contribution in [0.3, 0.4) is 0 Å². The number of halogens is 5. The van der Waals surface area contributed by atoms with Gasteiger partial charge in [0.15, 0.2) is 17.8 Å².